The number of hydrogen-bond donors (Lipinski definition) is 3. The Morgan fingerprint density at radius 2 is 1.38 bits per heavy atom. The Morgan fingerprint density at radius 3 is 1.92 bits per heavy atom. The van der Waals surface area contributed by atoms with Gasteiger partial charge in [-0.15, -0.1) is 0 Å². The minimum absolute atomic E-state index is 0.0603. The number of carbonyl (C=O) groups is 2. The molecule has 0 aliphatic carbocycles. The summed E-state index contributed by atoms with van der Waals surface area (Å²) in [5.74, 6) is -0.255. The molecule has 150 valence electrons. The van der Waals surface area contributed by atoms with Crippen molar-refractivity contribution in [2.24, 2.45) is 5.73 Å². The molecule has 26 heavy (non-hydrogen) atoms. The van der Waals surface area contributed by atoms with Crippen molar-refractivity contribution in [2.75, 3.05) is 78.8 Å². The third-order valence-corrected chi connectivity index (χ3v) is 4.70. The van der Waals surface area contributed by atoms with Crippen LogP contribution in [0.1, 0.15) is 12.8 Å². The van der Waals surface area contributed by atoms with Crippen LogP contribution in [0.15, 0.2) is 0 Å². The lowest BCUT2D eigenvalue weighted by atomic mass is 10.1. The second kappa shape index (κ2) is 12.2. The van der Waals surface area contributed by atoms with Crippen molar-refractivity contribution in [1.82, 2.24) is 20.4 Å². The normalized spacial score (nSPS) is 20.5. The van der Waals surface area contributed by atoms with Gasteiger partial charge in [0.2, 0.25) is 11.8 Å². The molecule has 0 aromatic rings. The van der Waals surface area contributed by atoms with Crippen LogP contribution in [-0.2, 0) is 19.1 Å². The molecule has 0 saturated carbocycles. The van der Waals surface area contributed by atoms with Gasteiger partial charge in [-0.05, 0) is 6.42 Å². The Hall–Kier alpha value is -1.26. The lowest BCUT2D eigenvalue weighted by Gasteiger charge is -2.26. The van der Waals surface area contributed by atoms with Gasteiger partial charge < -0.3 is 25.8 Å². The highest BCUT2D eigenvalue weighted by Crippen LogP contribution is 1.98. The summed E-state index contributed by atoms with van der Waals surface area (Å²) < 4.78 is 10.6. The molecule has 2 fully saturated rings. The van der Waals surface area contributed by atoms with Crippen LogP contribution in [-0.4, -0.2) is 106 Å². The number of ether oxygens (including phenoxy) is 2. The van der Waals surface area contributed by atoms with Crippen LogP contribution < -0.4 is 16.4 Å². The minimum Gasteiger partial charge on any atom is -0.379 e. The van der Waals surface area contributed by atoms with Gasteiger partial charge in [-0.25, -0.2) is 0 Å². The number of hydrogen-bond acceptors (Lipinski definition) is 7. The monoisotopic (exact) mass is 371 g/mol. The molecule has 2 aliphatic rings. The predicted molar refractivity (Wildman–Crippen MR) is 97.7 cm³/mol. The van der Waals surface area contributed by atoms with Gasteiger partial charge in [0.1, 0.15) is 0 Å². The average Bonchev–Trinajstić information content (AvgIpc) is 2.67. The first-order chi connectivity index (χ1) is 12.6. The number of amides is 2. The molecule has 2 amide bonds. The molecule has 9 heteroatoms. The van der Waals surface area contributed by atoms with Gasteiger partial charge in [0.15, 0.2) is 0 Å². The molecule has 2 aliphatic heterocycles. The highest BCUT2D eigenvalue weighted by molar-refractivity contribution is 5.82. The summed E-state index contributed by atoms with van der Waals surface area (Å²) in [4.78, 5) is 28.4. The van der Waals surface area contributed by atoms with Crippen molar-refractivity contribution in [1.29, 1.82) is 0 Å². The zero-order valence-electron chi connectivity index (χ0n) is 15.6. The highest BCUT2D eigenvalue weighted by atomic mass is 16.5. The topological polar surface area (TPSA) is 109 Å². The maximum Gasteiger partial charge on any atom is 0.236 e. The number of nitrogens with one attached hydrogen (secondary N) is 2. The maximum absolute atomic E-state index is 12.0. The third-order valence-electron chi connectivity index (χ3n) is 4.70. The Balaban J connectivity index is 1.48. The molecular weight excluding hydrogens is 338 g/mol. The van der Waals surface area contributed by atoms with E-state index in [2.05, 4.69) is 20.4 Å². The summed E-state index contributed by atoms with van der Waals surface area (Å²) in [6.07, 6.45) is 0.619. The number of nitrogens with zero attached hydrogens (tertiary/aromatic N) is 2. The fourth-order valence-electron chi connectivity index (χ4n) is 2.98. The van der Waals surface area contributed by atoms with E-state index >= 15 is 0 Å². The number of nitrogens with two attached hydrogens (primary N) is 1. The summed E-state index contributed by atoms with van der Waals surface area (Å²) in [5, 5.41) is 5.73. The molecule has 1 atom stereocenters. The lowest BCUT2D eigenvalue weighted by Crippen LogP contribution is -2.46. The SMILES string of the molecule is N[C@H](CCC(=O)NCCN1CCOCC1)C(=O)NCCN1CCOCC1. The number of morpholine rings is 2. The lowest BCUT2D eigenvalue weighted by molar-refractivity contribution is -0.123. The van der Waals surface area contributed by atoms with E-state index in [9.17, 15) is 9.59 Å². The molecule has 2 heterocycles. The average molecular weight is 371 g/mol. The molecule has 2 rings (SSSR count). The standard InChI is InChI=1S/C17H33N5O4/c18-15(17(24)20-4-6-22-9-13-26-14-10-22)1-2-16(23)19-3-5-21-7-11-25-12-8-21/h15H,1-14,18H2,(H,19,23)(H,20,24)/t15-/m1/s1. The van der Waals surface area contributed by atoms with Gasteiger partial charge in [-0.3, -0.25) is 19.4 Å². The van der Waals surface area contributed by atoms with Gasteiger partial charge in [0, 0.05) is 58.8 Å². The molecule has 0 aromatic heterocycles. The molecule has 2 saturated heterocycles. The van der Waals surface area contributed by atoms with Crippen molar-refractivity contribution < 1.29 is 19.1 Å². The first-order valence-electron chi connectivity index (χ1n) is 9.55. The Bertz CT molecular complexity index is 425. The zero-order chi connectivity index (χ0) is 18.6. The molecule has 4 N–H and O–H groups in total. The summed E-state index contributed by atoms with van der Waals surface area (Å²) in [5.41, 5.74) is 5.88. The van der Waals surface area contributed by atoms with Crippen LogP contribution in [0.3, 0.4) is 0 Å². The Labute approximate surface area is 155 Å². The van der Waals surface area contributed by atoms with Crippen LogP contribution in [0.2, 0.25) is 0 Å². The van der Waals surface area contributed by atoms with Crippen LogP contribution in [0.4, 0.5) is 0 Å². The first kappa shape index (κ1) is 21.0. The molecule has 0 spiro atoms. The molecule has 0 bridgehead atoms. The number of rotatable bonds is 10. The van der Waals surface area contributed by atoms with Gasteiger partial charge in [0.25, 0.3) is 0 Å². The quantitative estimate of drug-likeness (QED) is 0.407. The van der Waals surface area contributed by atoms with Crippen molar-refractivity contribution in [2.45, 2.75) is 18.9 Å². The first-order valence-corrected chi connectivity index (χ1v) is 9.55. The highest BCUT2D eigenvalue weighted by Gasteiger charge is 2.16. The molecule has 0 radical (unpaired) electrons. The van der Waals surface area contributed by atoms with Gasteiger partial charge in [-0.1, -0.05) is 0 Å². The van der Waals surface area contributed by atoms with E-state index in [0.717, 1.165) is 65.7 Å². The Kier molecular flexibility index (Phi) is 9.86. The van der Waals surface area contributed by atoms with Gasteiger partial charge >= 0.3 is 0 Å². The van der Waals surface area contributed by atoms with E-state index in [4.69, 9.17) is 15.2 Å². The fraction of sp³-hybridized carbons (Fsp3) is 0.882. The fourth-order valence-corrected chi connectivity index (χ4v) is 2.98. The molecule has 0 aromatic carbocycles. The zero-order valence-corrected chi connectivity index (χ0v) is 15.6. The van der Waals surface area contributed by atoms with Crippen molar-refractivity contribution in [3.8, 4) is 0 Å². The predicted octanol–water partition coefficient (Wildman–Crippen LogP) is -2.01. The van der Waals surface area contributed by atoms with Crippen LogP contribution in [0.5, 0.6) is 0 Å². The Morgan fingerprint density at radius 1 is 0.885 bits per heavy atom. The van der Waals surface area contributed by atoms with E-state index in [-0.39, 0.29) is 18.2 Å². The van der Waals surface area contributed by atoms with E-state index in [1.54, 1.807) is 0 Å². The van der Waals surface area contributed by atoms with E-state index < -0.39 is 6.04 Å². The molecule has 9 nitrogen and oxygen atoms in total. The third kappa shape index (κ3) is 8.41. The minimum atomic E-state index is -0.648. The van der Waals surface area contributed by atoms with Crippen molar-refractivity contribution in [3.05, 3.63) is 0 Å². The summed E-state index contributed by atoms with van der Waals surface area (Å²) >= 11 is 0. The van der Waals surface area contributed by atoms with Crippen molar-refractivity contribution in [3.63, 3.8) is 0 Å². The van der Waals surface area contributed by atoms with Crippen LogP contribution in [0, 0.1) is 0 Å². The summed E-state index contributed by atoms with van der Waals surface area (Å²) in [7, 11) is 0. The maximum atomic E-state index is 12.0. The second-order valence-corrected chi connectivity index (χ2v) is 6.69. The molecule has 0 unspecified atom stereocenters. The van der Waals surface area contributed by atoms with Gasteiger partial charge in [0.05, 0.1) is 32.5 Å². The molecular formula is C17H33N5O4. The second-order valence-electron chi connectivity index (χ2n) is 6.69. The largest absolute Gasteiger partial charge is 0.379 e. The van der Waals surface area contributed by atoms with E-state index in [0.29, 0.717) is 19.5 Å². The van der Waals surface area contributed by atoms with E-state index in [1.807, 2.05) is 0 Å². The van der Waals surface area contributed by atoms with Crippen LogP contribution >= 0.6 is 0 Å². The number of carbonyl (C=O) groups excluding carboxylic acids is 2. The van der Waals surface area contributed by atoms with Crippen LogP contribution in [0.25, 0.3) is 0 Å². The summed E-state index contributed by atoms with van der Waals surface area (Å²) in [6.45, 7) is 9.40. The summed E-state index contributed by atoms with van der Waals surface area (Å²) in [6, 6.07) is -0.648. The van der Waals surface area contributed by atoms with Gasteiger partial charge in [-0.2, -0.15) is 0 Å². The van der Waals surface area contributed by atoms with Crippen molar-refractivity contribution >= 4 is 11.8 Å². The van der Waals surface area contributed by atoms with E-state index in [1.165, 1.54) is 0 Å². The smallest absolute Gasteiger partial charge is 0.236 e.